The lowest BCUT2D eigenvalue weighted by Crippen LogP contribution is -2.45. The van der Waals surface area contributed by atoms with Crippen LogP contribution in [-0.4, -0.2) is 69.0 Å². The minimum Gasteiger partial charge on any atom is -0.480 e. The zero-order valence-corrected chi connectivity index (χ0v) is 10.6. The predicted octanol–water partition coefficient (Wildman–Crippen LogP) is -1.21. The van der Waals surface area contributed by atoms with Crippen molar-refractivity contribution in [1.29, 1.82) is 0 Å². The number of carboxylic acids is 1. The lowest BCUT2D eigenvalue weighted by molar-refractivity contribution is -0.137. The molecule has 2 N–H and O–H groups in total. The van der Waals surface area contributed by atoms with Crippen LogP contribution >= 0.6 is 0 Å². The SMILES string of the molecule is CCNS(=O)(=O)N(CCN(C)C)CC(=O)O. The van der Waals surface area contributed by atoms with E-state index < -0.39 is 22.7 Å². The number of hydrogen-bond donors (Lipinski definition) is 2. The summed E-state index contributed by atoms with van der Waals surface area (Å²) in [5.74, 6) is -1.17. The summed E-state index contributed by atoms with van der Waals surface area (Å²) in [4.78, 5) is 12.3. The molecule has 0 spiro atoms. The molecule has 0 aromatic carbocycles. The number of carbonyl (C=O) groups is 1. The zero-order valence-electron chi connectivity index (χ0n) is 9.80. The normalized spacial score (nSPS) is 12.3. The fraction of sp³-hybridized carbons (Fsp3) is 0.875. The van der Waals surface area contributed by atoms with Crippen LogP contribution in [0.5, 0.6) is 0 Å². The highest BCUT2D eigenvalue weighted by molar-refractivity contribution is 7.87. The van der Waals surface area contributed by atoms with E-state index in [4.69, 9.17) is 5.11 Å². The van der Waals surface area contributed by atoms with Crippen molar-refractivity contribution < 1.29 is 18.3 Å². The van der Waals surface area contributed by atoms with E-state index in [1.165, 1.54) is 0 Å². The van der Waals surface area contributed by atoms with Gasteiger partial charge in [0.05, 0.1) is 0 Å². The van der Waals surface area contributed by atoms with E-state index in [0.29, 0.717) is 6.54 Å². The van der Waals surface area contributed by atoms with Gasteiger partial charge in [0, 0.05) is 19.6 Å². The molecule has 96 valence electrons. The van der Waals surface area contributed by atoms with E-state index in [-0.39, 0.29) is 13.1 Å². The molecule has 0 fully saturated rings. The predicted molar refractivity (Wildman–Crippen MR) is 60.4 cm³/mol. The van der Waals surface area contributed by atoms with Gasteiger partial charge in [-0.2, -0.15) is 12.7 Å². The van der Waals surface area contributed by atoms with Gasteiger partial charge >= 0.3 is 5.97 Å². The number of likely N-dealkylation sites (N-methyl/N-ethyl adjacent to an activating group) is 1. The first-order valence-electron chi connectivity index (χ1n) is 4.91. The molecule has 0 amide bonds. The summed E-state index contributed by atoms with van der Waals surface area (Å²) < 4.78 is 26.4. The zero-order chi connectivity index (χ0) is 12.8. The molecule has 0 atom stereocenters. The summed E-state index contributed by atoms with van der Waals surface area (Å²) in [6.45, 7) is 1.97. The molecule has 0 saturated carbocycles. The largest absolute Gasteiger partial charge is 0.480 e. The number of nitrogens with one attached hydrogen (secondary N) is 1. The second-order valence-electron chi connectivity index (χ2n) is 3.53. The standard InChI is InChI=1S/C8H19N3O4S/c1-4-9-16(14,15)11(7-8(12)13)6-5-10(2)3/h9H,4-7H2,1-3H3,(H,12,13). The monoisotopic (exact) mass is 253 g/mol. The third-order valence-corrected chi connectivity index (χ3v) is 3.42. The van der Waals surface area contributed by atoms with Gasteiger partial charge in [0.1, 0.15) is 6.54 Å². The van der Waals surface area contributed by atoms with Gasteiger partial charge in [-0.3, -0.25) is 4.79 Å². The smallest absolute Gasteiger partial charge is 0.318 e. The molecule has 8 heteroatoms. The fourth-order valence-electron chi connectivity index (χ4n) is 1.02. The Morgan fingerprint density at radius 2 is 1.88 bits per heavy atom. The molecule has 0 bridgehead atoms. The fourth-order valence-corrected chi connectivity index (χ4v) is 2.17. The van der Waals surface area contributed by atoms with Crippen molar-refractivity contribution in [3.63, 3.8) is 0 Å². The van der Waals surface area contributed by atoms with Gasteiger partial charge in [0.2, 0.25) is 0 Å². The number of nitrogens with zero attached hydrogens (tertiary/aromatic N) is 2. The Hall–Kier alpha value is -0.700. The van der Waals surface area contributed by atoms with Crippen LogP contribution in [0.15, 0.2) is 0 Å². The number of rotatable bonds is 8. The van der Waals surface area contributed by atoms with Crippen molar-refractivity contribution in [3.05, 3.63) is 0 Å². The summed E-state index contributed by atoms with van der Waals surface area (Å²) in [6, 6.07) is 0. The van der Waals surface area contributed by atoms with Gasteiger partial charge in [0.25, 0.3) is 10.2 Å². The molecule has 0 radical (unpaired) electrons. The summed E-state index contributed by atoms with van der Waals surface area (Å²) in [5.41, 5.74) is 0. The first-order chi connectivity index (χ1) is 7.29. The van der Waals surface area contributed by atoms with Crippen molar-refractivity contribution >= 4 is 16.2 Å². The molecule has 0 aliphatic rings. The highest BCUT2D eigenvalue weighted by Gasteiger charge is 2.23. The second kappa shape index (κ2) is 6.79. The Kier molecular flexibility index (Phi) is 6.49. The van der Waals surface area contributed by atoms with Crippen LogP contribution in [0.25, 0.3) is 0 Å². The lowest BCUT2D eigenvalue weighted by Gasteiger charge is -2.21. The topological polar surface area (TPSA) is 90.0 Å². The molecule has 16 heavy (non-hydrogen) atoms. The maximum Gasteiger partial charge on any atom is 0.318 e. The van der Waals surface area contributed by atoms with Crippen LogP contribution in [0.2, 0.25) is 0 Å². The number of aliphatic carboxylic acids is 1. The van der Waals surface area contributed by atoms with E-state index >= 15 is 0 Å². The molecular formula is C8H19N3O4S. The summed E-state index contributed by atoms with van der Waals surface area (Å²) >= 11 is 0. The number of carboxylic acid groups (broad SMARTS) is 1. The minimum absolute atomic E-state index is 0.147. The highest BCUT2D eigenvalue weighted by atomic mass is 32.2. The Balaban J connectivity index is 4.59. The molecule has 7 nitrogen and oxygen atoms in total. The van der Waals surface area contributed by atoms with Crippen LogP contribution < -0.4 is 4.72 Å². The maximum atomic E-state index is 11.6. The molecule has 0 aromatic heterocycles. The first kappa shape index (κ1) is 15.3. The molecule has 0 aliphatic heterocycles. The van der Waals surface area contributed by atoms with E-state index in [2.05, 4.69) is 4.72 Å². The van der Waals surface area contributed by atoms with Gasteiger partial charge in [-0.15, -0.1) is 0 Å². The Bertz CT molecular complexity index is 315. The molecule has 0 heterocycles. The van der Waals surface area contributed by atoms with E-state index in [9.17, 15) is 13.2 Å². The minimum atomic E-state index is -3.69. The van der Waals surface area contributed by atoms with E-state index in [0.717, 1.165) is 4.31 Å². The Morgan fingerprint density at radius 1 is 1.31 bits per heavy atom. The van der Waals surface area contributed by atoms with Crippen molar-refractivity contribution in [2.75, 3.05) is 40.3 Å². The van der Waals surface area contributed by atoms with Crippen LogP contribution in [0.3, 0.4) is 0 Å². The molecular weight excluding hydrogens is 234 g/mol. The maximum absolute atomic E-state index is 11.6. The lowest BCUT2D eigenvalue weighted by atomic mass is 10.5. The average Bonchev–Trinajstić information content (AvgIpc) is 2.11. The molecule has 0 unspecified atom stereocenters. The highest BCUT2D eigenvalue weighted by Crippen LogP contribution is 1.97. The molecule has 0 aromatic rings. The average molecular weight is 253 g/mol. The quantitative estimate of drug-likeness (QED) is 0.566. The van der Waals surface area contributed by atoms with Gasteiger partial charge < -0.3 is 10.0 Å². The van der Waals surface area contributed by atoms with Crippen molar-refractivity contribution in [2.24, 2.45) is 0 Å². The van der Waals surface area contributed by atoms with Crippen LogP contribution in [0, 0.1) is 0 Å². The van der Waals surface area contributed by atoms with Crippen LogP contribution in [0.4, 0.5) is 0 Å². The Labute approximate surface area is 96.2 Å². The summed E-state index contributed by atoms with van der Waals surface area (Å²) in [6.07, 6.45) is 0. The summed E-state index contributed by atoms with van der Waals surface area (Å²) in [7, 11) is -0.106. The van der Waals surface area contributed by atoms with Crippen molar-refractivity contribution in [1.82, 2.24) is 13.9 Å². The molecule has 0 aliphatic carbocycles. The molecule has 0 rings (SSSR count). The summed E-state index contributed by atoms with van der Waals surface area (Å²) in [5, 5.41) is 8.63. The first-order valence-corrected chi connectivity index (χ1v) is 6.35. The van der Waals surface area contributed by atoms with Crippen LogP contribution in [0.1, 0.15) is 6.92 Å². The van der Waals surface area contributed by atoms with Crippen molar-refractivity contribution in [3.8, 4) is 0 Å². The van der Waals surface area contributed by atoms with Gasteiger partial charge in [-0.05, 0) is 14.1 Å². The number of hydrogen-bond acceptors (Lipinski definition) is 4. The Morgan fingerprint density at radius 3 is 2.25 bits per heavy atom. The second-order valence-corrected chi connectivity index (χ2v) is 5.29. The van der Waals surface area contributed by atoms with Gasteiger partial charge in [-0.1, -0.05) is 6.92 Å². The van der Waals surface area contributed by atoms with Gasteiger partial charge in [-0.25, -0.2) is 4.72 Å². The van der Waals surface area contributed by atoms with Crippen molar-refractivity contribution in [2.45, 2.75) is 6.92 Å². The van der Waals surface area contributed by atoms with E-state index in [1.54, 1.807) is 25.9 Å². The van der Waals surface area contributed by atoms with Crippen LogP contribution in [-0.2, 0) is 15.0 Å². The third kappa shape index (κ3) is 6.01. The third-order valence-electron chi connectivity index (χ3n) is 1.77. The van der Waals surface area contributed by atoms with E-state index in [1.807, 2.05) is 0 Å². The van der Waals surface area contributed by atoms with Gasteiger partial charge in [0.15, 0.2) is 0 Å². The molecule has 0 saturated heterocycles.